The topological polar surface area (TPSA) is 69.6 Å². The summed E-state index contributed by atoms with van der Waals surface area (Å²) < 4.78 is 39.2. The normalized spacial score (nSPS) is 36.1. The molecule has 0 bridgehead atoms. The minimum Gasteiger partial charge on any atom is -0.481 e. The smallest absolute Gasteiger partial charge is 0.391 e. The van der Waals surface area contributed by atoms with Crippen molar-refractivity contribution in [3.8, 4) is 0 Å². The number of fused-ring (bicyclic) bond motifs is 1. The molecule has 2 N–H and O–H groups in total. The molecule has 5 nitrogen and oxygen atoms in total. The quantitative estimate of drug-likeness (QED) is 0.670. The fourth-order valence-corrected chi connectivity index (χ4v) is 5.88. The zero-order valence-electron chi connectivity index (χ0n) is 16.7. The van der Waals surface area contributed by atoms with Gasteiger partial charge < -0.3 is 10.4 Å². The van der Waals surface area contributed by atoms with Crippen molar-refractivity contribution in [3.05, 3.63) is 12.7 Å². The zero-order valence-corrected chi connectivity index (χ0v) is 16.7. The van der Waals surface area contributed by atoms with Crippen LogP contribution >= 0.6 is 0 Å². The number of hydrogen-bond acceptors (Lipinski definition) is 3. The first-order valence-electron chi connectivity index (χ1n) is 10.7. The molecule has 3 rings (SSSR count). The number of piperidine rings is 1. The fourth-order valence-electron chi connectivity index (χ4n) is 5.88. The van der Waals surface area contributed by atoms with Crippen LogP contribution in [0.3, 0.4) is 0 Å². The lowest BCUT2D eigenvalue weighted by atomic mass is 9.68. The monoisotopic (exact) mass is 416 g/mol. The number of carboxylic acids is 1. The van der Waals surface area contributed by atoms with Gasteiger partial charge in [0, 0.05) is 31.1 Å². The summed E-state index contributed by atoms with van der Waals surface area (Å²) in [5.74, 6) is -2.11. The molecule has 1 amide bonds. The Kier molecular flexibility index (Phi) is 6.91. The highest BCUT2D eigenvalue weighted by molar-refractivity contribution is 5.87. The minimum atomic E-state index is -4.13. The van der Waals surface area contributed by atoms with Gasteiger partial charge in [0.2, 0.25) is 5.91 Å². The number of carbonyl (C=O) groups is 2. The number of hydrogen-bond donors (Lipinski definition) is 2. The molecule has 3 aliphatic rings. The van der Waals surface area contributed by atoms with E-state index in [9.17, 15) is 27.9 Å². The van der Waals surface area contributed by atoms with Gasteiger partial charge in [-0.1, -0.05) is 13.0 Å². The predicted molar refractivity (Wildman–Crippen MR) is 102 cm³/mol. The van der Waals surface area contributed by atoms with Crippen LogP contribution in [0, 0.1) is 17.8 Å². The Balaban J connectivity index is 1.75. The van der Waals surface area contributed by atoms with Crippen LogP contribution in [0.4, 0.5) is 13.2 Å². The van der Waals surface area contributed by atoms with E-state index in [1.807, 2.05) is 0 Å². The maximum Gasteiger partial charge on any atom is 0.391 e. The van der Waals surface area contributed by atoms with E-state index in [2.05, 4.69) is 16.8 Å². The van der Waals surface area contributed by atoms with Crippen molar-refractivity contribution in [2.45, 2.75) is 82.1 Å². The van der Waals surface area contributed by atoms with Gasteiger partial charge in [-0.3, -0.25) is 14.5 Å². The Labute approximate surface area is 169 Å². The van der Waals surface area contributed by atoms with E-state index < -0.39 is 18.1 Å². The summed E-state index contributed by atoms with van der Waals surface area (Å²) in [5.41, 5.74) is 0. The second-order valence-corrected chi connectivity index (χ2v) is 8.91. The van der Waals surface area contributed by atoms with Crippen LogP contribution in [0.25, 0.3) is 0 Å². The SMILES string of the molecule is C=CC(=O)NC1CC2C(CC(=O)O)CCCC2N(C2CCC(C(F)(F)F)CC2)C1. The summed E-state index contributed by atoms with van der Waals surface area (Å²) in [7, 11) is 0. The third kappa shape index (κ3) is 5.32. The largest absolute Gasteiger partial charge is 0.481 e. The maximum absolute atomic E-state index is 13.1. The molecule has 2 saturated carbocycles. The number of aliphatic carboxylic acids is 1. The van der Waals surface area contributed by atoms with E-state index in [4.69, 9.17) is 0 Å². The molecule has 3 fully saturated rings. The molecular formula is C21H31F3N2O3. The highest BCUT2D eigenvalue weighted by Crippen LogP contribution is 2.45. The first-order chi connectivity index (χ1) is 13.7. The van der Waals surface area contributed by atoms with E-state index in [-0.39, 0.29) is 55.1 Å². The molecule has 29 heavy (non-hydrogen) atoms. The van der Waals surface area contributed by atoms with E-state index in [0.717, 1.165) is 25.7 Å². The van der Waals surface area contributed by atoms with Gasteiger partial charge in [-0.15, -0.1) is 0 Å². The van der Waals surface area contributed by atoms with Gasteiger partial charge in [0.1, 0.15) is 0 Å². The summed E-state index contributed by atoms with van der Waals surface area (Å²) in [4.78, 5) is 25.5. The second kappa shape index (κ2) is 9.06. The molecule has 1 heterocycles. The number of likely N-dealkylation sites (tertiary alicyclic amines) is 1. The number of alkyl halides is 3. The first kappa shape index (κ1) is 22.1. The van der Waals surface area contributed by atoms with E-state index in [0.29, 0.717) is 19.4 Å². The number of carboxylic acid groups (broad SMARTS) is 1. The minimum absolute atomic E-state index is 0.0451. The molecule has 8 heteroatoms. The molecule has 0 aromatic heterocycles. The van der Waals surface area contributed by atoms with E-state index in [1.165, 1.54) is 6.08 Å². The van der Waals surface area contributed by atoms with Crippen molar-refractivity contribution < 1.29 is 27.9 Å². The molecular weight excluding hydrogens is 385 g/mol. The van der Waals surface area contributed by atoms with Crippen molar-refractivity contribution in [2.75, 3.05) is 6.54 Å². The Hall–Kier alpha value is -1.57. The fraction of sp³-hybridized carbons (Fsp3) is 0.810. The number of rotatable bonds is 5. The predicted octanol–water partition coefficient (Wildman–Crippen LogP) is 3.74. The summed E-state index contributed by atoms with van der Waals surface area (Å²) in [6.45, 7) is 4.11. The number of nitrogens with zero attached hydrogens (tertiary/aromatic N) is 1. The Bertz CT molecular complexity index is 617. The maximum atomic E-state index is 13.1. The Morgan fingerprint density at radius 1 is 1.14 bits per heavy atom. The van der Waals surface area contributed by atoms with Crippen LogP contribution in [-0.4, -0.2) is 52.7 Å². The lowest BCUT2D eigenvalue weighted by Crippen LogP contribution is -2.61. The first-order valence-corrected chi connectivity index (χ1v) is 10.7. The lowest BCUT2D eigenvalue weighted by molar-refractivity contribution is -0.186. The van der Waals surface area contributed by atoms with Crippen molar-refractivity contribution in [3.63, 3.8) is 0 Å². The molecule has 4 unspecified atom stereocenters. The molecule has 1 saturated heterocycles. The van der Waals surface area contributed by atoms with Crippen molar-refractivity contribution >= 4 is 11.9 Å². The van der Waals surface area contributed by atoms with Gasteiger partial charge in [-0.2, -0.15) is 13.2 Å². The third-order valence-electron chi connectivity index (χ3n) is 7.19. The molecule has 0 aromatic carbocycles. The summed E-state index contributed by atoms with van der Waals surface area (Å²) >= 11 is 0. The summed E-state index contributed by atoms with van der Waals surface area (Å²) in [6, 6.07) is 0.127. The van der Waals surface area contributed by atoms with Crippen LogP contribution in [0.15, 0.2) is 12.7 Å². The van der Waals surface area contributed by atoms with Gasteiger partial charge in [0.05, 0.1) is 5.92 Å². The number of carbonyl (C=O) groups excluding carboxylic acids is 1. The van der Waals surface area contributed by atoms with E-state index >= 15 is 0 Å². The van der Waals surface area contributed by atoms with Gasteiger partial charge in [-0.25, -0.2) is 0 Å². The molecule has 0 spiro atoms. The standard InChI is InChI=1S/C21H31F3N2O3/c1-2-19(27)25-15-11-17-13(10-20(28)29)4-3-5-18(17)26(12-15)16-8-6-14(7-9-16)21(22,23)24/h2,13-18H,1,3-12H2,(H,25,27)(H,28,29). The number of amides is 1. The molecule has 2 aliphatic carbocycles. The highest BCUT2D eigenvalue weighted by Gasteiger charge is 2.47. The number of nitrogens with one attached hydrogen (secondary N) is 1. The Morgan fingerprint density at radius 3 is 2.41 bits per heavy atom. The molecule has 0 aromatic rings. The molecule has 0 radical (unpaired) electrons. The lowest BCUT2D eigenvalue weighted by Gasteiger charge is -2.53. The number of halogens is 3. The van der Waals surface area contributed by atoms with E-state index in [1.54, 1.807) is 0 Å². The van der Waals surface area contributed by atoms with Gasteiger partial charge in [0.15, 0.2) is 0 Å². The van der Waals surface area contributed by atoms with Crippen molar-refractivity contribution in [2.24, 2.45) is 17.8 Å². The van der Waals surface area contributed by atoms with Crippen LogP contribution in [-0.2, 0) is 9.59 Å². The average molecular weight is 416 g/mol. The average Bonchev–Trinajstić information content (AvgIpc) is 2.67. The molecule has 1 aliphatic heterocycles. The highest BCUT2D eigenvalue weighted by atomic mass is 19.4. The summed E-state index contributed by atoms with van der Waals surface area (Å²) in [6.07, 6.45) is 1.94. The molecule has 4 atom stereocenters. The van der Waals surface area contributed by atoms with Crippen LogP contribution in [0.5, 0.6) is 0 Å². The van der Waals surface area contributed by atoms with Crippen LogP contribution in [0.2, 0.25) is 0 Å². The van der Waals surface area contributed by atoms with Gasteiger partial charge in [0.25, 0.3) is 0 Å². The summed E-state index contributed by atoms with van der Waals surface area (Å²) in [5, 5.41) is 12.3. The van der Waals surface area contributed by atoms with Crippen LogP contribution in [0.1, 0.15) is 57.8 Å². The Morgan fingerprint density at radius 2 is 1.83 bits per heavy atom. The second-order valence-electron chi connectivity index (χ2n) is 8.91. The van der Waals surface area contributed by atoms with Crippen LogP contribution < -0.4 is 5.32 Å². The molecule has 164 valence electrons. The zero-order chi connectivity index (χ0) is 21.2. The van der Waals surface area contributed by atoms with Crippen molar-refractivity contribution in [1.29, 1.82) is 0 Å². The van der Waals surface area contributed by atoms with Gasteiger partial charge in [-0.05, 0) is 62.9 Å². The van der Waals surface area contributed by atoms with Crippen molar-refractivity contribution in [1.82, 2.24) is 10.2 Å². The van der Waals surface area contributed by atoms with Gasteiger partial charge >= 0.3 is 12.1 Å². The third-order valence-corrected chi connectivity index (χ3v) is 7.19.